The molecule has 0 atom stereocenters. The van der Waals surface area contributed by atoms with Gasteiger partial charge in [0.05, 0.1) is 14.2 Å². The van der Waals surface area contributed by atoms with Crippen LogP contribution < -0.4 is 25.8 Å². The molecular formula is C16H17N3O4. The normalized spacial score (nSPS) is 9.83. The van der Waals surface area contributed by atoms with Gasteiger partial charge in [-0.25, -0.2) is 4.79 Å². The predicted molar refractivity (Wildman–Crippen MR) is 87.1 cm³/mol. The van der Waals surface area contributed by atoms with Gasteiger partial charge < -0.3 is 25.8 Å². The smallest absolute Gasteiger partial charge is 0.316 e. The highest BCUT2D eigenvalue weighted by Crippen LogP contribution is 2.27. The van der Waals surface area contributed by atoms with Crippen molar-refractivity contribution in [1.29, 1.82) is 0 Å². The van der Waals surface area contributed by atoms with Crippen molar-refractivity contribution in [2.75, 3.05) is 24.9 Å². The summed E-state index contributed by atoms with van der Waals surface area (Å²) in [6.45, 7) is 0. The largest absolute Gasteiger partial charge is 0.493 e. The fraction of sp³-hybridized carbons (Fsp3) is 0.125. The zero-order chi connectivity index (χ0) is 16.8. The van der Waals surface area contributed by atoms with Crippen LogP contribution in [0.1, 0.15) is 10.4 Å². The second kappa shape index (κ2) is 7.17. The lowest BCUT2D eigenvalue weighted by atomic mass is 10.1. The minimum Gasteiger partial charge on any atom is -0.493 e. The minimum atomic E-state index is -0.646. The Bertz CT molecular complexity index is 714. The fourth-order valence-corrected chi connectivity index (χ4v) is 1.96. The Hall–Kier alpha value is -3.22. The number of rotatable bonds is 5. The third-order valence-electron chi connectivity index (χ3n) is 3.06. The van der Waals surface area contributed by atoms with Crippen LogP contribution in [0, 0.1) is 0 Å². The number of ether oxygens (including phenoxy) is 2. The van der Waals surface area contributed by atoms with Crippen LogP contribution >= 0.6 is 0 Å². The molecule has 0 aliphatic rings. The molecule has 0 heterocycles. The second-order valence-corrected chi connectivity index (χ2v) is 4.59. The van der Waals surface area contributed by atoms with E-state index in [4.69, 9.17) is 15.2 Å². The third kappa shape index (κ3) is 4.13. The molecule has 120 valence electrons. The summed E-state index contributed by atoms with van der Waals surface area (Å²) in [4.78, 5) is 23.0. The average molecular weight is 315 g/mol. The maximum Gasteiger partial charge on any atom is 0.316 e. The number of amides is 3. The SMILES string of the molecule is COc1ccc(C(=O)Nc2ccc(NC(N)=O)cc2)cc1OC. The first-order valence-corrected chi connectivity index (χ1v) is 6.73. The number of benzene rings is 2. The molecule has 2 aromatic carbocycles. The van der Waals surface area contributed by atoms with E-state index in [2.05, 4.69) is 10.6 Å². The van der Waals surface area contributed by atoms with Gasteiger partial charge in [0.15, 0.2) is 11.5 Å². The summed E-state index contributed by atoms with van der Waals surface area (Å²) in [5, 5.41) is 5.19. The molecule has 0 saturated heterocycles. The molecule has 4 N–H and O–H groups in total. The summed E-state index contributed by atoms with van der Waals surface area (Å²) in [6.07, 6.45) is 0. The van der Waals surface area contributed by atoms with E-state index < -0.39 is 6.03 Å². The molecule has 0 spiro atoms. The first-order valence-electron chi connectivity index (χ1n) is 6.73. The molecule has 0 fully saturated rings. The second-order valence-electron chi connectivity index (χ2n) is 4.59. The van der Waals surface area contributed by atoms with Gasteiger partial charge >= 0.3 is 6.03 Å². The van der Waals surface area contributed by atoms with Gasteiger partial charge in [0, 0.05) is 16.9 Å². The maximum atomic E-state index is 12.2. The van der Waals surface area contributed by atoms with Gasteiger partial charge in [-0.3, -0.25) is 4.79 Å². The van der Waals surface area contributed by atoms with Gasteiger partial charge in [0.2, 0.25) is 0 Å². The topological polar surface area (TPSA) is 103 Å². The monoisotopic (exact) mass is 315 g/mol. The molecule has 7 heteroatoms. The van der Waals surface area contributed by atoms with Crippen LogP contribution in [0.5, 0.6) is 11.5 Å². The van der Waals surface area contributed by atoms with Crippen molar-refractivity contribution < 1.29 is 19.1 Å². The van der Waals surface area contributed by atoms with Gasteiger partial charge in [-0.15, -0.1) is 0 Å². The molecule has 23 heavy (non-hydrogen) atoms. The summed E-state index contributed by atoms with van der Waals surface area (Å²) in [5.41, 5.74) is 6.59. The van der Waals surface area contributed by atoms with E-state index in [1.54, 1.807) is 42.5 Å². The van der Waals surface area contributed by atoms with Crippen LogP contribution in [0.4, 0.5) is 16.2 Å². The van der Waals surface area contributed by atoms with Gasteiger partial charge in [-0.2, -0.15) is 0 Å². The Morgan fingerprint density at radius 1 is 0.870 bits per heavy atom. The quantitative estimate of drug-likeness (QED) is 0.788. The van der Waals surface area contributed by atoms with E-state index >= 15 is 0 Å². The van der Waals surface area contributed by atoms with Crippen LogP contribution in [-0.2, 0) is 0 Å². The van der Waals surface area contributed by atoms with Crippen molar-refractivity contribution in [2.45, 2.75) is 0 Å². The average Bonchev–Trinajstić information content (AvgIpc) is 2.55. The molecule has 0 aromatic heterocycles. The summed E-state index contributed by atoms with van der Waals surface area (Å²) in [5.74, 6) is 0.730. The van der Waals surface area contributed by atoms with Crippen molar-refractivity contribution in [3.05, 3.63) is 48.0 Å². The fourth-order valence-electron chi connectivity index (χ4n) is 1.96. The number of nitrogens with two attached hydrogens (primary N) is 1. The zero-order valence-electron chi connectivity index (χ0n) is 12.8. The number of methoxy groups -OCH3 is 2. The van der Waals surface area contributed by atoms with Crippen LogP contribution in [0.2, 0.25) is 0 Å². The van der Waals surface area contributed by atoms with Gasteiger partial charge in [0.1, 0.15) is 0 Å². The van der Waals surface area contributed by atoms with E-state index in [1.807, 2.05) is 0 Å². The van der Waals surface area contributed by atoms with Crippen molar-refractivity contribution in [3.8, 4) is 11.5 Å². The molecule has 2 rings (SSSR count). The summed E-state index contributed by atoms with van der Waals surface area (Å²) >= 11 is 0. The zero-order valence-corrected chi connectivity index (χ0v) is 12.8. The molecule has 0 bridgehead atoms. The number of hydrogen-bond donors (Lipinski definition) is 3. The summed E-state index contributed by atoms with van der Waals surface area (Å²) < 4.78 is 10.3. The lowest BCUT2D eigenvalue weighted by Crippen LogP contribution is -2.19. The van der Waals surface area contributed by atoms with Crippen LogP contribution in [-0.4, -0.2) is 26.2 Å². The number of carbonyl (C=O) groups is 2. The number of primary amides is 1. The molecule has 0 radical (unpaired) electrons. The van der Waals surface area contributed by atoms with E-state index in [-0.39, 0.29) is 5.91 Å². The number of anilines is 2. The van der Waals surface area contributed by atoms with Gasteiger partial charge in [-0.1, -0.05) is 0 Å². The number of hydrogen-bond acceptors (Lipinski definition) is 4. The summed E-state index contributed by atoms with van der Waals surface area (Å²) in [7, 11) is 3.03. The standard InChI is InChI=1S/C16H17N3O4/c1-22-13-8-3-10(9-14(13)23-2)15(20)18-11-4-6-12(7-5-11)19-16(17)21/h3-9H,1-2H3,(H,18,20)(H3,17,19,21). The number of urea groups is 1. The number of carbonyl (C=O) groups excluding carboxylic acids is 2. The molecule has 0 aliphatic carbocycles. The van der Waals surface area contributed by atoms with E-state index in [0.717, 1.165) is 0 Å². The van der Waals surface area contributed by atoms with Crippen molar-refractivity contribution in [2.24, 2.45) is 5.73 Å². The third-order valence-corrected chi connectivity index (χ3v) is 3.06. The first kappa shape index (κ1) is 16.2. The summed E-state index contributed by atoms with van der Waals surface area (Å²) in [6, 6.07) is 10.8. The Kier molecular flexibility index (Phi) is 5.03. The van der Waals surface area contributed by atoms with Crippen LogP contribution in [0.3, 0.4) is 0 Å². The lowest BCUT2D eigenvalue weighted by Gasteiger charge is -2.10. The van der Waals surface area contributed by atoms with Crippen LogP contribution in [0.15, 0.2) is 42.5 Å². The van der Waals surface area contributed by atoms with Crippen LogP contribution in [0.25, 0.3) is 0 Å². The first-order chi connectivity index (χ1) is 11.0. The van der Waals surface area contributed by atoms with Gasteiger partial charge in [0.25, 0.3) is 5.91 Å². The lowest BCUT2D eigenvalue weighted by molar-refractivity contribution is 0.102. The maximum absolute atomic E-state index is 12.2. The highest BCUT2D eigenvalue weighted by atomic mass is 16.5. The Morgan fingerprint density at radius 2 is 1.43 bits per heavy atom. The van der Waals surface area contributed by atoms with E-state index in [9.17, 15) is 9.59 Å². The van der Waals surface area contributed by atoms with E-state index in [1.165, 1.54) is 14.2 Å². The Balaban J connectivity index is 2.11. The molecular weight excluding hydrogens is 298 g/mol. The Morgan fingerprint density at radius 3 is 1.96 bits per heavy atom. The van der Waals surface area contributed by atoms with Crippen molar-refractivity contribution in [3.63, 3.8) is 0 Å². The molecule has 7 nitrogen and oxygen atoms in total. The number of nitrogens with one attached hydrogen (secondary N) is 2. The highest BCUT2D eigenvalue weighted by molar-refractivity contribution is 6.04. The van der Waals surface area contributed by atoms with Gasteiger partial charge in [-0.05, 0) is 42.5 Å². The Labute approximate surface area is 133 Å². The molecule has 3 amide bonds. The van der Waals surface area contributed by atoms with E-state index in [0.29, 0.717) is 28.4 Å². The molecule has 0 aliphatic heterocycles. The molecule has 0 saturated carbocycles. The minimum absolute atomic E-state index is 0.290. The highest BCUT2D eigenvalue weighted by Gasteiger charge is 2.11. The van der Waals surface area contributed by atoms with Crippen molar-refractivity contribution in [1.82, 2.24) is 0 Å². The molecule has 0 unspecified atom stereocenters. The predicted octanol–water partition coefficient (Wildman–Crippen LogP) is 2.45. The van der Waals surface area contributed by atoms with Crippen molar-refractivity contribution >= 4 is 23.3 Å². The molecule has 2 aromatic rings.